The third kappa shape index (κ3) is 5.60. The summed E-state index contributed by atoms with van der Waals surface area (Å²) in [4.78, 5) is 0. The Morgan fingerprint density at radius 2 is 1.62 bits per heavy atom. The van der Waals surface area contributed by atoms with E-state index < -0.39 is 12.1 Å². The van der Waals surface area contributed by atoms with Crippen LogP contribution in [0.15, 0.2) is 6.20 Å². The predicted molar refractivity (Wildman–Crippen MR) is 101 cm³/mol. The molecule has 4 aliphatic rings. The first kappa shape index (κ1) is 23.2. The van der Waals surface area contributed by atoms with E-state index in [9.17, 15) is 0 Å². The SMILES string of the molecule is CO[C@@H]1O[C@H](Cn2cc([C]3[CH][CH][CH][CH]3)nn2)[C@H]2OC(C)(C)O[C@@H]12.[CH]1[CH][CH][CH][CH]1.[Fe+2]. The van der Waals surface area contributed by atoms with Crippen LogP contribution in [-0.4, -0.2) is 52.5 Å². The maximum absolute atomic E-state index is 5.98. The molecule has 0 amide bonds. The summed E-state index contributed by atoms with van der Waals surface area (Å²) in [5, 5.41) is 8.39. The van der Waals surface area contributed by atoms with Gasteiger partial charge < -0.3 is 18.9 Å². The number of nitrogens with zero attached hydrogens (tertiary/aromatic N) is 3. The van der Waals surface area contributed by atoms with Crippen LogP contribution in [0.3, 0.4) is 0 Å². The molecule has 2 saturated carbocycles. The number of methoxy groups -OCH3 is 1. The third-order valence-electron chi connectivity index (χ3n) is 4.76. The van der Waals surface area contributed by atoms with Crippen molar-refractivity contribution in [1.82, 2.24) is 15.0 Å². The monoisotopic (exact) mass is 439 g/mol. The van der Waals surface area contributed by atoms with Gasteiger partial charge >= 0.3 is 17.1 Å². The largest absolute Gasteiger partial charge is 2.00 e. The van der Waals surface area contributed by atoms with Crippen LogP contribution in [0.1, 0.15) is 19.5 Å². The van der Waals surface area contributed by atoms with Gasteiger partial charge in [-0.05, 0) is 71.6 Å². The summed E-state index contributed by atoms with van der Waals surface area (Å²) in [6, 6.07) is 0. The number of hydrogen-bond acceptors (Lipinski definition) is 6. The molecule has 0 aromatic carbocycles. The Bertz CT molecular complexity index is 624. The minimum Gasteiger partial charge on any atom is -0.353 e. The molecule has 0 unspecified atom stereocenters. The van der Waals surface area contributed by atoms with Crippen LogP contribution in [0.5, 0.6) is 0 Å². The van der Waals surface area contributed by atoms with Crippen LogP contribution in [-0.2, 0) is 42.6 Å². The molecule has 1 aromatic heterocycles. The van der Waals surface area contributed by atoms with Gasteiger partial charge in [0.25, 0.3) is 0 Å². The van der Waals surface area contributed by atoms with Crippen molar-refractivity contribution in [2.24, 2.45) is 0 Å². The molecule has 10 radical (unpaired) electrons. The Hall–Kier alpha value is -0.501. The molecule has 1 aromatic rings. The maximum Gasteiger partial charge on any atom is 2.00 e. The summed E-state index contributed by atoms with van der Waals surface area (Å²) in [5.41, 5.74) is 0.844. The van der Waals surface area contributed by atoms with E-state index >= 15 is 0 Å². The molecule has 7 nitrogen and oxygen atoms in total. The van der Waals surface area contributed by atoms with E-state index in [1.54, 1.807) is 11.8 Å². The van der Waals surface area contributed by atoms with Crippen LogP contribution in [0.2, 0.25) is 0 Å². The fourth-order valence-electron chi connectivity index (χ4n) is 3.55. The van der Waals surface area contributed by atoms with Gasteiger partial charge in [-0.1, -0.05) is 5.21 Å². The van der Waals surface area contributed by atoms with Crippen LogP contribution in [0.25, 0.3) is 0 Å². The summed E-state index contributed by atoms with van der Waals surface area (Å²) in [6.45, 7) is 4.34. The Morgan fingerprint density at radius 3 is 2.24 bits per heavy atom. The van der Waals surface area contributed by atoms with Gasteiger partial charge in [-0.3, -0.25) is 0 Å². The van der Waals surface area contributed by atoms with E-state index in [0.29, 0.717) is 6.54 Å². The molecule has 3 heterocycles. The van der Waals surface area contributed by atoms with Gasteiger partial charge in [-0.2, -0.15) is 0 Å². The number of ether oxygens (including phenoxy) is 4. The standard InChI is InChI=1S/C16H20N3O4.C5H5.Fe/c1-16(2)22-13-12(21-15(20-3)14(13)23-16)9-19-8-11(17-18-19)10-6-4-5-7-10;1-2-4-5-3-1;/h4-8,12-15H,9H2,1-3H3;1-5H;/q;;+2/t12-,13-,14-,15-;;/m1../s1. The van der Waals surface area contributed by atoms with E-state index in [0.717, 1.165) is 11.6 Å². The number of aromatic nitrogens is 3. The van der Waals surface area contributed by atoms with E-state index in [-0.39, 0.29) is 35.4 Å². The van der Waals surface area contributed by atoms with Crippen LogP contribution in [0, 0.1) is 63.7 Å². The van der Waals surface area contributed by atoms with Gasteiger partial charge in [0.05, 0.1) is 12.2 Å². The van der Waals surface area contributed by atoms with Crippen molar-refractivity contribution in [3.8, 4) is 0 Å². The summed E-state index contributed by atoms with van der Waals surface area (Å²) in [6.07, 6.45) is 18.9. The quantitative estimate of drug-likeness (QED) is 0.669. The van der Waals surface area contributed by atoms with E-state index in [2.05, 4.69) is 10.3 Å². The molecule has 29 heavy (non-hydrogen) atoms. The minimum absolute atomic E-state index is 0. The molecule has 2 aliphatic carbocycles. The number of hydrogen-bond donors (Lipinski definition) is 0. The number of rotatable bonds is 4. The second-order valence-electron chi connectivity index (χ2n) is 7.31. The molecule has 0 bridgehead atoms. The Balaban J connectivity index is 0.000000352. The number of fused-ring (bicyclic) bond motifs is 1. The maximum atomic E-state index is 5.98. The zero-order valence-electron chi connectivity index (χ0n) is 16.6. The van der Waals surface area contributed by atoms with E-state index in [4.69, 9.17) is 18.9 Å². The molecule has 4 atom stereocenters. The zero-order valence-corrected chi connectivity index (χ0v) is 17.7. The molecule has 5 rings (SSSR count). The van der Waals surface area contributed by atoms with Crippen molar-refractivity contribution in [1.29, 1.82) is 0 Å². The molecule has 0 spiro atoms. The fraction of sp³-hybridized carbons (Fsp3) is 0.429. The Morgan fingerprint density at radius 1 is 1.00 bits per heavy atom. The Kier molecular flexibility index (Phi) is 8.15. The molecule has 0 N–H and O–H groups in total. The van der Waals surface area contributed by atoms with Crippen molar-refractivity contribution in [2.75, 3.05) is 7.11 Å². The zero-order chi connectivity index (χ0) is 19.6. The minimum atomic E-state index is -0.628. The summed E-state index contributed by atoms with van der Waals surface area (Å²) >= 11 is 0. The molecule has 2 saturated heterocycles. The average molecular weight is 439 g/mol. The van der Waals surface area contributed by atoms with Crippen LogP contribution in [0.4, 0.5) is 0 Å². The normalized spacial score (nSPS) is 33.2. The first-order chi connectivity index (χ1) is 13.6. The van der Waals surface area contributed by atoms with Crippen molar-refractivity contribution in [2.45, 2.75) is 50.8 Å². The first-order valence-electron chi connectivity index (χ1n) is 9.38. The third-order valence-corrected chi connectivity index (χ3v) is 4.76. The van der Waals surface area contributed by atoms with Gasteiger partial charge in [0.2, 0.25) is 0 Å². The Labute approximate surface area is 184 Å². The molecule has 4 fully saturated rings. The van der Waals surface area contributed by atoms with E-state index in [1.165, 1.54) is 0 Å². The van der Waals surface area contributed by atoms with Gasteiger partial charge in [0.1, 0.15) is 18.3 Å². The van der Waals surface area contributed by atoms with Gasteiger partial charge in [-0.25, -0.2) is 4.68 Å². The van der Waals surface area contributed by atoms with Crippen molar-refractivity contribution < 1.29 is 36.0 Å². The summed E-state index contributed by atoms with van der Waals surface area (Å²) in [5.74, 6) is 0.426. The second kappa shape index (κ2) is 10.2. The molecule has 154 valence electrons. The van der Waals surface area contributed by atoms with Crippen LogP contribution < -0.4 is 0 Å². The van der Waals surface area contributed by atoms with Crippen molar-refractivity contribution >= 4 is 0 Å². The van der Waals surface area contributed by atoms with Crippen LogP contribution >= 0.6 is 0 Å². The first-order valence-corrected chi connectivity index (χ1v) is 9.38. The summed E-state index contributed by atoms with van der Waals surface area (Å²) in [7, 11) is 1.61. The molecular formula is C21H25FeN3O4+2. The molecule has 8 heteroatoms. The average Bonchev–Trinajstić information content (AvgIpc) is 3.47. The van der Waals surface area contributed by atoms with E-state index in [1.807, 2.05) is 77.8 Å². The summed E-state index contributed by atoms with van der Waals surface area (Å²) < 4.78 is 24.9. The molecular weight excluding hydrogens is 414 g/mol. The van der Waals surface area contributed by atoms with Gasteiger partial charge in [-0.15, -0.1) is 5.10 Å². The topological polar surface area (TPSA) is 67.6 Å². The van der Waals surface area contributed by atoms with Crippen molar-refractivity contribution in [3.05, 3.63) is 75.6 Å². The molecule has 2 aliphatic heterocycles. The predicted octanol–water partition coefficient (Wildman–Crippen LogP) is 1.94. The second-order valence-corrected chi connectivity index (χ2v) is 7.31. The smallest absolute Gasteiger partial charge is 0.353 e. The van der Waals surface area contributed by atoms with Crippen molar-refractivity contribution in [3.63, 3.8) is 0 Å². The fourth-order valence-corrected chi connectivity index (χ4v) is 3.55. The van der Waals surface area contributed by atoms with Gasteiger partial charge in [0.15, 0.2) is 12.1 Å². The van der Waals surface area contributed by atoms with Gasteiger partial charge in [0, 0.05) is 19.2 Å².